The van der Waals surface area contributed by atoms with Gasteiger partial charge in [-0.25, -0.2) is 4.98 Å². The van der Waals surface area contributed by atoms with Crippen molar-refractivity contribution in [3.8, 4) is 16.3 Å². The van der Waals surface area contributed by atoms with Crippen molar-refractivity contribution in [1.29, 1.82) is 0 Å². The first kappa shape index (κ1) is 16.4. The molecule has 2 aromatic heterocycles. The second kappa shape index (κ2) is 7.42. The van der Waals surface area contributed by atoms with Gasteiger partial charge in [0.25, 0.3) is 0 Å². The van der Waals surface area contributed by atoms with Gasteiger partial charge in [-0.2, -0.15) is 0 Å². The molecule has 0 aliphatic carbocycles. The van der Waals surface area contributed by atoms with Crippen LogP contribution in [0, 0.1) is 0 Å². The number of benzene rings is 1. The molecule has 0 aliphatic heterocycles. The van der Waals surface area contributed by atoms with Gasteiger partial charge in [-0.3, -0.25) is 9.78 Å². The number of aromatic nitrogens is 2. The van der Waals surface area contributed by atoms with E-state index in [4.69, 9.17) is 16.3 Å². The molecule has 1 aromatic carbocycles. The van der Waals surface area contributed by atoms with Crippen LogP contribution in [0.3, 0.4) is 0 Å². The Hall–Kier alpha value is -2.44. The molecule has 122 valence electrons. The van der Waals surface area contributed by atoms with Gasteiger partial charge < -0.3 is 10.1 Å². The van der Waals surface area contributed by atoms with E-state index in [1.807, 2.05) is 17.5 Å². The summed E-state index contributed by atoms with van der Waals surface area (Å²) in [5.74, 6) is 0.462. The van der Waals surface area contributed by atoms with E-state index in [1.165, 1.54) is 11.3 Å². The molecule has 0 bridgehead atoms. The van der Waals surface area contributed by atoms with Crippen LogP contribution in [-0.4, -0.2) is 23.0 Å². The van der Waals surface area contributed by atoms with Crippen LogP contribution in [0.25, 0.3) is 10.6 Å². The van der Waals surface area contributed by atoms with E-state index in [0.29, 0.717) is 22.2 Å². The minimum Gasteiger partial charge on any atom is -0.497 e. The number of amides is 1. The van der Waals surface area contributed by atoms with Crippen molar-refractivity contribution in [2.24, 2.45) is 0 Å². The van der Waals surface area contributed by atoms with Crippen LogP contribution in [0.5, 0.6) is 5.75 Å². The summed E-state index contributed by atoms with van der Waals surface area (Å²) >= 11 is 7.61. The quantitative estimate of drug-likeness (QED) is 0.746. The maximum Gasteiger partial charge on any atom is 0.230 e. The molecule has 0 radical (unpaired) electrons. The van der Waals surface area contributed by atoms with Crippen LogP contribution < -0.4 is 10.1 Å². The highest BCUT2D eigenvalue weighted by Crippen LogP contribution is 2.27. The molecule has 24 heavy (non-hydrogen) atoms. The Morgan fingerprint density at radius 2 is 2.25 bits per heavy atom. The Kier molecular flexibility index (Phi) is 5.08. The van der Waals surface area contributed by atoms with Gasteiger partial charge >= 0.3 is 0 Å². The molecule has 0 spiro atoms. The van der Waals surface area contributed by atoms with E-state index < -0.39 is 0 Å². The number of ether oxygens (including phenoxy) is 1. The minimum absolute atomic E-state index is 0.176. The number of anilines is 1. The maximum absolute atomic E-state index is 12.2. The Labute approximate surface area is 148 Å². The number of hydrogen-bond acceptors (Lipinski definition) is 5. The monoisotopic (exact) mass is 359 g/mol. The number of nitrogens with zero attached hydrogens (tertiary/aromatic N) is 2. The van der Waals surface area contributed by atoms with Crippen molar-refractivity contribution >= 4 is 34.5 Å². The minimum atomic E-state index is -0.176. The van der Waals surface area contributed by atoms with Crippen LogP contribution >= 0.6 is 22.9 Å². The van der Waals surface area contributed by atoms with Gasteiger partial charge in [0.1, 0.15) is 10.8 Å². The summed E-state index contributed by atoms with van der Waals surface area (Å²) in [5.41, 5.74) is 2.19. The molecule has 0 fully saturated rings. The third-order valence-corrected chi connectivity index (χ3v) is 4.51. The molecule has 0 saturated carbocycles. The smallest absolute Gasteiger partial charge is 0.230 e. The fourth-order valence-corrected chi connectivity index (χ4v) is 3.12. The zero-order valence-electron chi connectivity index (χ0n) is 12.8. The molecule has 2 heterocycles. The third kappa shape index (κ3) is 3.90. The van der Waals surface area contributed by atoms with Crippen LogP contribution in [0.4, 0.5) is 5.69 Å². The number of thiazole rings is 1. The lowest BCUT2D eigenvalue weighted by atomic mass is 10.2. The van der Waals surface area contributed by atoms with Crippen molar-refractivity contribution in [1.82, 2.24) is 9.97 Å². The second-order valence-electron chi connectivity index (χ2n) is 4.96. The molecular formula is C17H14ClN3O2S. The lowest BCUT2D eigenvalue weighted by Crippen LogP contribution is -2.14. The summed E-state index contributed by atoms with van der Waals surface area (Å²) in [4.78, 5) is 20.7. The molecule has 7 heteroatoms. The molecular weight excluding hydrogens is 346 g/mol. The Balaban J connectivity index is 1.66. The maximum atomic E-state index is 12.2. The molecule has 3 aromatic rings. The molecule has 0 aliphatic rings. The van der Waals surface area contributed by atoms with Gasteiger partial charge in [0, 0.05) is 29.4 Å². The van der Waals surface area contributed by atoms with Crippen LogP contribution in [-0.2, 0) is 11.2 Å². The average Bonchev–Trinajstić information content (AvgIpc) is 3.06. The van der Waals surface area contributed by atoms with Crippen molar-refractivity contribution in [2.75, 3.05) is 12.4 Å². The summed E-state index contributed by atoms with van der Waals surface area (Å²) in [7, 11) is 1.56. The number of hydrogen-bond donors (Lipinski definition) is 1. The van der Waals surface area contributed by atoms with Gasteiger partial charge in [0.15, 0.2) is 0 Å². The zero-order chi connectivity index (χ0) is 16.9. The number of halogens is 1. The van der Waals surface area contributed by atoms with Crippen molar-refractivity contribution in [2.45, 2.75) is 6.42 Å². The summed E-state index contributed by atoms with van der Waals surface area (Å²) < 4.78 is 5.08. The third-order valence-electron chi connectivity index (χ3n) is 3.25. The highest BCUT2D eigenvalue weighted by atomic mass is 35.5. The highest BCUT2D eigenvalue weighted by Gasteiger charge is 2.11. The molecule has 0 unspecified atom stereocenters. The van der Waals surface area contributed by atoms with E-state index in [1.54, 1.807) is 37.7 Å². The van der Waals surface area contributed by atoms with Gasteiger partial charge in [0.2, 0.25) is 5.91 Å². The molecule has 0 atom stereocenters. The number of nitrogens with one attached hydrogen (secondary N) is 1. The van der Waals surface area contributed by atoms with Gasteiger partial charge in [0.05, 0.1) is 29.9 Å². The lowest BCUT2D eigenvalue weighted by molar-refractivity contribution is -0.115. The molecule has 1 amide bonds. The number of pyridine rings is 1. The predicted octanol–water partition coefficient (Wildman–Crippen LogP) is 4.05. The summed E-state index contributed by atoms with van der Waals surface area (Å²) in [6.45, 7) is 0. The Morgan fingerprint density at radius 1 is 1.38 bits per heavy atom. The van der Waals surface area contributed by atoms with Crippen molar-refractivity contribution in [3.63, 3.8) is 0 Å². The number of rotatable bonds is 5. The zero-order valence-corrected chi connectivity index (χ0v) is 14.4. The largest absolute Gasteiger partial charge is 0.497 e. The van der Waals surface area contributed by atoms with Gasteiger partial charge in [-0.15, -0.1) is 11.3 Å². The van der Waals surface area contributed by atoms with Crippen molar-refractivity contribution < 1.29 is 9.53 Å². The number of carbonyl (C=O) groups excluding carboxylic acids is 1. The summed E-state index contributed by atoms with van der Waals surface area (Å²) in [6.07, 6.45) is 3.64. The first-order valence-corrected chi connectivity index (χ1v) is 8.39. The number of carbonyl (C=O) groups is 1. The Bertz CT molecular complexity index is 852. The molecule has 3 rings (SSSR count). The highest BCUT2D eigenvalue weighted by molar-refractivity contribution is 7.13. The van der Waals surface area contributed by atoms with Crippen LogP contribution in [0.2, 0.25) is 5.02 Å². The van der Waals surface area contributed by atoms with E-state index in [9.17, 15) is 4.79 Å². The van der Waals surface area contributed by atoms with Crippen LogP contribution in [0.15, 0.2) is 48.1 Å². The van der Waals surface area contributed by atoms with E-state index in [-0.39, 0.29) is 12.3 Å². The molecule has 0 saturated heterocycles. The SMILES string of the molecule is COc1ccc(NC(=O)Cc2csc(-c3cccnc3)n2)c(Cl)c1. The van der Waals surface area contributed by atoms with Crippen LogP contribution in [0.1, 0.15) is 5.69 Å². The first-order chi connectivity index (χ1) is 11.7. The normalized spacial score (nSPS) is 10.4. The standard InChI is InChI=1S/C17H14ClN3O2S/c1-23-13-4-5-15(14(18)8-13)21-16(22)7-12-10-24-17(20-12)11-3-2-6-19-9-11/h2-6,8-10H,7H2,1H3,(H,21,22). The van der Waals surface area contributed by atoms with Gasteiger partial charge in [-0.1, -0.05) is 11.6 Å². The first-order valence-electron chi connectivity index (χ1n) is 7.14. The van der Waals surface area contributed by atoms with Crippen molar-refractivity contribution in [3.05, 3.63) is 58.8 Å². The number of methoxy groups -OCH3 is 1. The summed E-state index contributed by atoms with van der Waals surface area (Å²) in [6, 6.07) is 8.90. The van der Waals surface area contributed by atoms with Gasteiger partial charge in [-0.05, 0) is 24.3 Å². The molecule has 5 nitrogen and oxygen atoms in total. The Morgan fingerprint density at radius 3 is 2.96 bits per heavy atom. The lowest BCUT2D eigenvalue weighted by Gasteiger charge is -2.08. The van der Waals surface area contributed by atoms with E-state index >= 15 is 0 Å². The molecule has 1 N–H and O–H groups in total. The second-order valence-corrected chi connectivity index (χ2v) is 6.22. The topological polar surface area (TPSA) is 64.1 Å². The fraction of sp³-hybridized carbons (Fsp3) is 0.118. The van der Waals surface area contributed by atoms with E-state index in [0.717, 1.165) is 10.6 Å². The summed E-state index contributed by atoms with van der Waals surface area (Å²) in [5, 5.41) is 5.93. The van der Waals surface area contributed by atoms with E-state index in [2.05, 4.69) is 15.3 Å². The fourth-order valence-electron chi connectivity index (χ4n) is 2.09. The average molecular weight is 360 g/mol. The predicted molar refractivity (Wildman–Crippen MR) is 95.7 cm³/mol.